The molecule has 0 aliphatic rings. The normalized spacial score (nSPS) is 10.8. The minimum Gasteiger partial charge on any atom is -0.316 e. The van der Waals surface area contributed by atoms with Crippen molar-refractivity contribution >= 4 is 0 Å². The van der Waals surface area contributed by atoms with E-state index in [4.69, 9.17) is 5.21 Å². The summed E-state index contributed by atoms with van der Waals surface area (Å²) in [4.78, 5) is 0. The molecule has 0 amide bonds. The van der Waals surface area contributed by atoms with Crippen molar-refractivity contribution in [2.75, 3.05) is 0 Å². The molecule has 0 heterocycles. The zero-order valence-electron chi connectivity index (χ0n) is 7.84. The molecule has 0 fully saturated rings. The number of hydroxylamine groups is 1. The number of nitrogens with one attached hydrogen (secondary N) is 1. The first kappa shape index (κ1) is 10.2. The van der Waals surface area contributed by atoms with Gasteiger partial charge in [-0.2, -0.15) is 0 Å². The minimum atomic E-state index is -0.271. The van der Waals surface area contributed by atoms with E-state index >= 15 is 0 Å². The van der Waals surface area contributed by atoms with Crippen LogP contribution in [0.2, 0.25) is 0 Å². The van der Waals surface area contributed by atoms with E-state index in [0.717, 1.165) is 5.56 Å². The lowest BCUT2D eigenvalue weighted by Crippen LogP contribution is -2.11. The molecular formula is C10H14FNO. The monoisotopic (exact) mass is 183 g/mol. The van der Waals surface area contributed by atoms with Crippen molar-refractivity contribution in [1.82, 2.24) is 5.48 Å². The summed E-state index contributed by atoms with van der Waals surface area (Å²) in [5.74, 6) is -0.00759. The van der Waals surface area contributed by atoms with Crippen LogP contribution in [0.1, 0.15) is 30.9 Å². The van der Waals surface area contributed by atoms with Gasteiger partial charge in [0.05, 0.1) is 0 Å². The third-order valence-electron chi connectivity index (χ3n) is 2.03. The van der Waals surface area contributed by atoms with Gasteiger partial charge < -0.3 is 5.21 Å². The van der Waals surface area contributed by atoms with E-state index < -0.39 is 0 Å². The van der Waals surface area contributed by atoms with Gasteiger partial charge in [0.25, 0.3) is 0 Å². The topological polar surface area (TPSA) is 32.3 Å². The maximum atomic E-state index is 13.2. The summed E-state index contributed by atoms with van der Waals surface area (Å²) >= 11 is 0. The fourth-order valence-corrected chi connectivity index (χ4v) is 1.38. The summed E-state index contributed by atoms with van der Waals surface area (Å²) in [5, 5.41) is 8.53. The summed E-state index contributed by atoms with van der Waals surface area (Å²) < 4.78 is 13.2. The standard InChI is InChI=1S/C10H14FNO/c1-7(2)8-4-3-5-10(11)9(8)6-12-13/h3-5,7,12-13H,6H2,1-2H3. The van der Waals surface area contributed by atoms with E-state index in [1.54, 1.807) is 6.07 Å². The molecule has 0 bridgehead atoms. The Morgan fingerprint density at radius 2 is 2.15 bits per heavy atom. The first-order valence-corrected chi connectivity index (χ1v) is 4.31. The Morgan fingerprint density at radius 1 is 1.46 bits per heavy atom. The van der Waals surface area contributed by atoms with E-state index in [-0.39, 0.29) is 18.3 Å². The summed E-state index contributed by atoms with van der Waals surface area (Å²) in [7, 11) is 0. The van der Waals surface area contributed by atoms with Crippen molar-refractivity contribution in [3.05, 3.63) is 35.1 Å². The molecule has 2 nitrogen and oxygen atoms in total. The molecule has 1 aromatic carbocycles. The lowest BCUT2D eigenvalue weighted by atomic mass is 9.97. The predicted molar refractivity (Wildman–Crippen MR) is 49.1 cm³/mol. The van der Waals surface area contributed by atoms with E-state index in [0.29, 0.717) is 5.56 Å². The Hall–Kier alpha value is -0.930. The van der Waals surface area contributed by atoms with Crippen LogP contribution in [-0.2, 0) is 6.54 Å². The zero-order valence-corrected chi connectivity index (χ0v) is 7.84. The van der Waals surface area contributed by atoms with Crippen molar-refractivity contribution in [3.8, 4) is 0 Å². The number of hydrogen-bond acceptors (Lipinski definition) is 2. The second kappa shape index (κ2) is 4.35. The summed E-state index contributed by atoms with van der Waals surface area (Å²) in [6.45, 7) is 4.14. The summed E-state index contributed by atoms with van der Waals surface area (Å²) in [5.41, 5.74) is 3.45. The molecule has 0 aromatic heterocycles. The zero-order chi connectivity index (χ0) is 9.84. The van der Waals surface area contributed by atoms with Crippen LogP contribution in [0, 0.1) is 5.82 Å². The van der Waals surface area contributed by atoms with Gasteiger partial charge in [-0.3, -0.25) is 0 Å². The quantitative estimate of drug-likeness (QED) is 0.705. The van der Waals surface area contributed by atoms with Crippen molar-refractivity contribution in [3.63, 3.8) is 0 Å². The molecule has 0 saturated heterocycles. The van der Waals surface area contributed by atoms with Gasteiger partial charge >= 0.3 is 0 Å². The molecule has 0 unspecified atom stereocenters. The highest BCUT2D eigenvalue weighted by atomic mass is 19.1. The predicted octanol–water partition coefficient (Wildman–Crippen LogP) is 2.43. The van der Waals surface area contributed by atoms with Crippen molar-refractivity contribution < 1.29 is 9.60 Å². The van der Waals surface area contributed by atoms with Crippen molar-refractivity contribution in [2.24, 2.45) is 0 Å². The van der Waals surface area contributed by atoms with Gasteiger partial charge in [0.2, 0.25) is 0 Å². The molecule has 0 aliphatic carbocycles. The molecule has 1 aromatic rings. The SMILES string of the molecule is CC(C)c1cccc(F)c1CNO. The molecule has 1 rings (SSSR count). The second-order valence-electron chi connectivity index (χ2n) is 3.30. The maximum Gasteiger partial charge on any atom is 0.128 e. The fraction of sp³-hybridized carbons (Fsp3) is 0.400. The minimum absolute atomic E-state index is 0.153. The fourth-order valence-electron chi connectivity index (χ4n) is 1.38. The lowest BCUT2D eigenvalue weighted by molar-refractivity contribution is 0.159. The van der Waals surface area contributed by atoms with Gasteiger partial charge in [-0.05, 0) is 17.5 Å². The Bertz CT molecular complexity index is 286. The molecule has 0 spiro atoms. The Kier molecular flexibility index (Phi) is 3.39. The molecule has 0 radical (unpaired) electrons. The van der Waals surface area contributed by atoms with E-state index in [9.17, 15) is 4.39 Å². The van der Waals surface area contributed by atoms with Crippen LogP contribution >= 0.6 is 0 Å². The number of rotatable bonds is 3. The molecule has 72 valence electrons. The Labute approximate surface area is 77.4 Å². The van der Waals surface area contributed by atoms with Crippen LogP contribution in [0.3, 0.4) is 0 Å². The summed E-state index contributed by atoms with van der Waals surface area (Å²) in [6.07, 6.45) is 0. The first-order chi connectivity index (χ1) is 6.16. The van der Waals surface area contributed by atoms with Crippen LogP contribution < -0.4 is 5.48 Å². The lowest BCUT2D eigenvalue weighted by Gasteiger charge is -2.12. The highest BCUT2D eigenvalue weighted by Crippen LogP contribution is 2.21. The second-order valence-corrected chi connectivity index (χ2v) is 3.30. The third kappa shape index (κ3) is 2.26. The Morgan fingerprint density at radius 3 is 2.69 bits per heavy atom. The van der Waals surface area contributed by atoms with Gasteiger partial charge in [-0.15, -0.1) is 0 Å². The summed E-state index contributed by atoms with van der Waals surface area (Å²) in [6, 6.07) is 4.96. The Balaban J connectivity index is 3.09. The average Bonchev–Trinajstić information content (AvgIpc) is 2.08. The molecule has 2 N–H and O–H groups in total. The van der Waals surface area contributed by atoms with Crippen LogP contribution in [0.15, 0.2) is 18.2 Å². The van der Waals surface area contributed by atoms with Gasteiger partial charge in [-0.25, -0.2) is 9.87 Å². The van der Waals surface area contributed by atoms with E-state index in [1.165, 1.54) is 6.07 Å². The van der Waals surface area contributed by atoms with Gasteiger partial charge in [0, 0.05) is 12.1 Å². The number of halogens is 1. The average molecular weight is 183 g/mol. The van der Waals surface area contributed by atoms with Crippen LogP contribution in [0.25, 0.3) is 0 Å². The van der Waals surface area contributed by atoms with Crippen LogP contribution in [0.4, 0.5) is 4.39 Å². The third-order valence-corrected chi connectivity index (χ3v) is 2.03. The number of benzene rings is 1. The van der Waals surface area contributed by atoms with Gasteiger partial charge in [-0.1, -0.05) is 26.0 Å². The molecule has 0 atom stereocenters. The molecule has 3 heteroatoms. The smallest absolute Gasteiger partial charge is 0.128 e. The largest absolute Gasteiger partial charge is 0.316 e. The molecule has 0 aliphatic heterocycles. The van der Waals surface area contributed by atoms with E-state index in [2.05, 4.69) is 0 Å². The van der Waals surface area contributed by atoms with Crippen molar-refractivity contribution in [2.45, 2.75) is 26.3 Å². The first-order valence-electron chi connectivity index (χ1n) is 4.31. The van der Waals surface area contributed by atoms with Gasteiger partial charge in [0.1, 0.15) is 5.82 Å². The van der Waals surface area contributed by atoms with Crippen LogP contribution in [0.5, 0.6) is 0 Å². The molecular weight excluding hydrogens is 169 g/mol. The maximum absolute atomic E-state index is 13.2. The van der Waals surface area contributed by atoms with Gasteiger partial charge in [0.15, 0.2) is 0 Å². The molecule has 0 saturated carbocycles. The van der Waals surface area contributed by atoms with E-state index in [1.807, 2.05) is 25.4 Å². The highest BCUT2D eigenvalue weighted by Gasteiger charge is 2.09. The molecule has 13 heavy (non-hydrogen) atoms. The highest BCUT2D eigenvalue weighted by molar-refractivity contribution is 5.30. The van der Waals surface area contributed by atoms with Crippen LogP contribution in [-0.4, -0.2) is 5.21 Å². The van der Waals surface area contributed by atoms with Crippen molar-refractivity contribution in [1.29, 1.82) is 0 Å². The number of hydrogen-bond donors (Lipinski definition) is 2.